The number of hydrogen-bond donors (Lipinski definition) is 5. The van der Waals surface area contributed by atoms with Gasteiger partial charge in [-0.15, -0.1) is 0 Å². The van der Waals surface area contributed by atoms with Crippen molar-refractivity contribution in [2.75, 3.05) is 65.8 Å². The van der Waals surface area contributed by atoms with E-state index in [1.54, 1.807) is 18.7 Å². The lowest BCUT2D eigenvalue weighted by Crippen LogP contribution is -2.37. The Labute approximate surface area is 306 Å². The molecule has 1 rings (SSSR count). The minimum Gasteiger partial charge on any atom is -0.460 e. The van der Waals surface area contributed by atoms with E-state index >= 15 is 0 Å². The van der Waals surface area contributed by atoms with Crippen LogP contribution in [0.4, 0.5) is 0 Å². The quantitative estimate of drug-likeness (QED) is 0.0204. The normalized spacial score (nSPS) is 16.7. The molecular formula is C33H59BN4O12S. The zero-order valence-corrected chi connectivity index (χ0v) is 31.5. The van der Waals surface area contributed by atoms with Crippen LogP contribution in [0.15, 0.2) is 0 Å². The Kier molecular flexibility index (Phi) is 24.4. The van der Waals surface area contributed by atoms with Gasteiger partial charge in [0.15, 0.2) is 6.29 Å². The van der Waals surface area contributed by atoms with Crippen LogP contribution in [-0.2, 0) is 47.7 Å². The van der Waals surface area contributed by atoms with Crippen LogP contribution in [0, 0.1) is 0 Å². The number of thioether (sulfide) groups is 1. The second-order valence-electron chi connectivity index (χ2n) is 12.7. The van der Waals surface area contributed by atoms with Gasteiger partial charge in [-0.3, -0.25) is 33.7 Å². The van der Waals surface area contributed by atoms with Gasteiger partial charge in [-0.25, -0.2) is 0 Å². The summed E-state index contributed by atoms with van der Waals surface area (Å²) in [6, 6.07) is 0. The number of imide groups is 1. The van der Waals surface area contributed by atoms with Gasteiger partial charge in [0, 0.05) is 58.3 Å². The standard InChI is InChI=1S/C33H59BN4O12S/c1-4-6-12-33(3,34)51-25-21-29(43)38(32(25)46)16-10-27(41)37-15-18-48-20-19-47-17-11-28(42)36-14-13-35-26(40)8-7-9-30(44)49-23-31(45)50-24(5-2)22-39/h24-25,31,39,45H,4-23,34H2,1-3H3,(H,35,40)(H,36,42)(H,37,41). The van der Waals surface area contributed by atoms with E-state index in [0.717, 1.165) is 19.3 Å². The van der Waals surface area contributed by atoms with E-state index in [0.29, 0.717) is 6.42 Å². The molecule has 5 N–H and O–H groups in total. The van der Waals surface area contributed by atoms with E-state index in [9.17, 15) is 33.9 Å². The highest BCUT2D eigenvalue weighted by Crippen LogP contribution is 2.36. The van der Waals surface area contributed by atoms with Gasteiger partial charge in [-0.1, -0.05) is 33.6 Å². The summed E-state index contributed by atoms with van der Waals surface area (Å²) in [5, 5.41) is 26.3. The second-order valence-corrected chi connectivity index (χ2v) is 14.6. The molecule has 1 fully saturated rings. The summed E-state index contributed by atoms with van der Waals surface area (Å²) >= 11 is 1.54. The molecule has 51 heavy (non-hydrogen) atoms. The van der Waals surface area contributed by atoms with Crippen LogP contribution in [0.5, 0.6) is 0 Å². The molecule has 0 bridgehead atoms. The van der Waals surface area contributed by atoms with Crippen molar-refractivity contribution in [2.45, 2.75) is 107 Å². The number of rotatable bonds is 30. The fourth-order valence-electron chi connectivity index (χ4n) is 4.82. The summed E-state index contributed by atoms with van der Waals surface area (Å²) in [7, 11) is 2.09. The first-order chi connectivity index (χ1) is 24.3. The largest absolute Gasteiger partial charge is 0.460 e. The third kappa shape index (κ3) is 22.0. The molecule has 4 atom stereocenters. The van der Waals surface area contributed by atoms with Crippen molar-refractivity contribution in [3.05, 3.63) is 0 Å². The highest BCUT2D eigenvalue weighted by molar-refractivity contribution is 8.03. The first-order valence-electron chi connectivity index (χ1n) is 17.9. The highest BCUT2D eigenvalue weighted by atomic mass is 32.2. The summed E-state index contributed by atoms with van der Waals surface area (Å²) in [5.74, 6) is -1.83. The van der Waals surface area contributed by atoms with Crippen LogP contribution in [-0.4, -0.2) is 147 Å². The molecule has 1 saturated heterocycles. The Balaban J connectivity index is 1.99. The van der Waals surface area contributed by atoms with Crippen molar-refractivity contribution in [3.63, 3.8) is 0 Å². The highest BCUT2D eigenvalue weighted by Gasteiger charge is 2.41. The molecule has 4 unspecified atom stereocenters. The SMILES string of the molecule is BC(C)(CCCC)SC1CC(=O)N(CCC(=O)NCCOCCOCCC(=O)NCCNC(=O)CCCC(=O)OCC(O)OC(CC)CO)C1=O. The monoisotopic (exact) mass is 746 g/mol. The summed E-state index contributed by atoms with van der Waals surface area (Å²) < 4.78 is 20.7. The number of nitrogens with one attached hydrogen (secondary N) is 3. The van der Waals surface area contributed by atoms with Gasteiger partial charge in [-0.2, -0.15) is 11.8 Å². The third-order valence-electron chi connectivity index (χ3n) is 7.72. The molecule has 1 heterocycles. The first kappa shape index (κ1) is 46.3. The van der Waals surface area contributed by atoms with Gasteiger partial charge < -0.3 is 45.1 Å². The smallest absolute Gasteiger partial charge is 0.305 e. The van der Waals surface area contributed by atoms with Crippen LogP contribution in [0.25, 0.3) is 0 Å². The van der Waals surface area contributed by atoms with Crippen molar-refractivity contribution in [1.29, 1.82) is 0 Å². The maximum atomic E-state index is 12.8. The molecule has 16 nitrogen and oxygen atoms in total. The van der Waals surface area contributed by atoms with Crippen LogP contribution in [0.2, 0.25) is 0 Å². The van der Waals surface area contributed by atoms with Gasteiger partial charge in [-0.05, 0) is 23.9 Å². The number of nitrogens with zero attached hydrogens (tertiary/aromatic N) is 1. The summed E-state index contributed by atoms with van der Waals surface area (Å²) in [4.78, 5) is 74.2. The predicted octanol–water partition coefficient (Wildman–Crippen LogP) is -0.632. The molecule has 0 aromatic carbocycles. The van der Waals surface area contributed by atoms with E-state index in [1.165, 1.54) is 4.90 Å². The number of esters is 1. The average Bonchev–Trinajstić information content (AvgIpc) is 3.35. The lowest BCUT2D eigenvalue weighted by atomic mass is 9.84. The molecule has 0 aromatic heterocycles. The first-order valence-corrected chi connectivity index (χ1v) is 18.8. The number of aliphatic hydroxyl groups excluding tert-OH is 2. The number of likely N-dealkylation sites (tertiary alicyclic amines) is 1. The average molecular weight is 747 g/mol. The van der Waals surface area contributed by atoms with E-state index in [1.807, 2.05) is 0 Å². The molecule has 1 aliphatic heterocycles. The van der Waals surface area contributed by atoms with E-state index in [-0.39, 0.29) is 139 Å². The molecule has 292 valence electrons. The zero-order chi connectivity index (χ0) is 38.1. The Morgan fingerprint density at radius 3 is 2.20 bits per heavy atom. The molecule has 0 aromatic rings. The van der Waals surface area contributed by atoms with E-state index < -0.39 is 23.6 Å². The fourth-order valence-corrected chi connectivity index (χ4v) is 6.30. The molecule has 1 aliphatic rings. The predicted molar refractivity (Wildman–Crippen MR) is 192 cm³/mol. The van der Waals surface area contributed by atoms with Crippen LogP contribution in [0.3, 0.4) is 0 Å². The molecule has 0 aliphatic carbocycles. The van der Waals surface area contributed by atoms with Crippen molar-refractivity contribution in [1.82, 2.24) is 20.9 Å². The molecule has 5 amide bonds. The lowest BCUT2D eigenvalue weighted by molar-refractivity contribution is -0.183. The van der Waals surface area contributed by atoms with Crippen LogP contribution >= 0.6 is 11.8 Å². The van der Waals surface area contributed by atoms with Gasteiger partial charge in [0.25, 0.3) is 0 Å². The number of aliphatic hydroxyl groups is 2. The summed E-state index contributed by atoms with van der Waals surface area (Å²) in [5.41, 5.74) is 0. The number of carbonyl (C=O) groups excluding carboxylic acids is 6. The third-order valence-corrected chi connectivity index (χ3v) is 9.22. The van der Waals surface area contributed by atoms with Crippen LogP contribution < -0.4 is 16.0 Å². The molecule has 0 radical (unpaired) electrons. The minimum absolute atomic E-state index is 0.0130. The summed E-state index contributed by atoms with van der Waals surface area (Å²) in [6.07, 6.45) is 2.38. The van der Waals surface area contributed by atoms with E-state index in [2.05, 4.69) is 37.6 Å². The molecule has 18 heteroatoms. The molecular weight excluding hydrogens is 687 g/mol. The zero-order valence-electron chi connectivity index (χ0n) is 30.7. The lowest BCUT2D eigenvalue weighted by Gasteiger charge is -2.26. The minimum atomic E-state index is -1.34. The van der Waals surface area contributed by atoms with Crippen LogP contribution in [0.1, 0.15) is 85.0 Å². The summed E-state index contributed by atoms with van der Waals surface area (Å²) in [6.45, 7) is 7.12. The van der Waals surface area contributed by atoms with Crippen molar-refractivity contribution >= 4 is 55.1 Å². The molecule has 0 spiro atoms. The topological polar surface area (TPSA) is 219 Å². The Bertz CT molecular complexity index is 1080. The molecule has 0 saturated carbocycles. The Morgan fingerprint density at radius 2 is 1.55 bits per heavy atom. The van der Waals surface area contributed by atoms with E-state index in [4.69, 9.17) is 24.1 Å². The Morgan fingerprint density at radius 1 is 0.922 bits per heavy atom. The number of ether oxygens (including phenoxy) is 4. The van der Waals surface area contributed by atoms with Crippen molar-refractivity contribution < 1.29 is 57.9 Å². The number of amides is 5. The Hall–Kier alpha value is -2.77. The van der Waals surface area contributed by atoms with Gasteiger partial charge in [0.1, 0.15) is 14.5 Å². The van der Waals surface area contributed by atoms with Crippen molar-refractivity contribution in [3.8, 4) is 0 Å². The van der Waals surface area contributed by atoms with Gasteiger partial charge >= 0.3 is 5.97 Å². The maximum Gasteiger partial charge on any atom is 0.305 e. The number of hydrogen-bond acceptors (Lipinski definition) is 13. The second kappa shape index (κ2) is 26.9. The van der Waals surface area contributed by atoms with Gasteiger partial charge in [0.05, 0.1) is 44.4 Å². The maximum absolute atomic E-state index is 12.8. The fraction of sp³-hybridized carbons (Fsp3) is 0.818. The van der Waals surface area contributed by atoms with Crippen molar-refractivity contribution in [2.24, 2.45) is 0 Å². The van der Waals surface area contributed by atoms with Gasteiger partial charge in [0.2, 0.25) is 29.5 Å². The number of carbonyl (C=O) groups is 6. The number of unbranched alkanes of at least 4 members (excludes halogenated alkanes) is 1.